The van der Waals surface area contributed by atoms with Crippen molar-refractivity contribution in [1.29, 1.82) is 0 Å². The van der Waals surface area contributed by atoms with Crippen molar-refractivity contribution in [2.24, 2.45) is 0 Å². The van der Waals surface area contributed by atoms with E-state index in [1.165, 1.54) is 29.1 Å². The van der Waals surface area contributed by atoms with E-state index in [4.69, 9.17) is 11.6 Å². The average molecular weight is 304 g/mol. The normalized spacial score (nSPS) is 11.9. The molecule has 1 N–H and O–H groups in total. The van der Waals surface area contributed by atoms with Crippen LogP contribution in [0.5, 0.6) is 0 Å². The average Bonchev–Trinajstić information content (AvgIpc) is 2.75. The Morgan fingerprint density at radius 3 is 2.60 bits per heavy atom. The number of alkyl halides is 3. The Morgan fingerprint density at radius 2 is 2.00 bits per heavy atom. The molecule has 0 bridgehead atoms. The summed E-state index contributed by atoms with van der Waals surface area (Å²) in [6.45, 7) is 3.76. The number of halogens is 4. The van der Waals surface area contributed by atoms with Crippen LogP contribution in [0, 0.1) is 0 Å². The summed E-state index contributed by atoms with van der Waals surface area (Å²) >= 11 is 5.67. The first-order valence-corrected chi connectivity index (χ1v) is 6.34. The molecule has 1 aromatic heterocycles. The summed E-state index contributed by atoms with van der Waals surface area (Å²) in [5.74, 6) is 0.354. The molecule has 0 aliphatic carbocycles. The number of imidazole rings is 1. The summed E-state index contributed by atoms with van der Waals surface area (Å²) in [7, 11) is 0. The number of nitrogens with one attached hydrogen (secondary N) is 1. The Bertz CT molecular complexity index is 605. The van der Waals surface area contributed by atoms with Crippen molar-refractivity contribution in [2.75, 3.05) is 5.32 Å². The van der Waals surface area contributed by atoms with Gasteiger partial charge in [0.2, 0.25) is 5.95 Å². The van der Waals surface area contributed by atoms with Gasteiger partial charge in [0, 0.05) is 23.5 Å². The van der Waals surface area contributed by atoms with Crippen LogP contribution in [-0.4, -0.2) is 15.6 Å². The van der Waals surface area contributed by atoms with Crippen LogP contribution in [0.4, 0.5) is 19.1 Å². The molecule has 0 spiro atoms. The molecule has 0 atom stereocenters. The fourth-order valence-corrected chi connectivity index (χ4v) is 1.98. The van der Waals surface area contributed by atoms with Gasteiger partial charge >= 0.3 is 6.18 Å². The van der Waals surface area contributed by atoms with Crippen LogP contribution in [0.25, 0.3) is 5.69 Å². The number of benzene rings is 1. The minimum absolute atomic E-state index is 0.0115. The SMILES string of the molecule is CC(C)Nc1nccn1-c1ccc(Cl)cc1C(F)(F)F. The highest BCUT2D eigenvalue weighted by atomic mass is 35.5. The van der Waals surface area contributed by atoms with Gasteiger partial charge in [0.1, 0.15) is 0 Å². The Hall–Kier alpha value is -1.69. The summed E-state index contributed by atoms with van der Waals surface area (Å²) < 4.78 is 40.7. The fraction of sp³-hybridized carbons (Fsp3) is 0.308. The van der Waals surface area contributed by atoms with E-state index >= 15 is 0 Å². The van der Waals surface area contributed by atoms with Gasteiger partial charge in [-0.25, -0.2) is 4.98 Å². The van der Waals surface area contributed by atoms with Crippen molar-refractivity contribution >= 4 is 17.5 Å². The number of nitrogens with zero attached hydrogens (tertiary/aromatic N) is 2. The molecule has 0 amide bonds. The van der Waals surface area contributed by atoms with Crippen LogP contribution in [0.3, 0.4) is 0 Å². The van der Waals surface area contributed by atoms with Gasteiger partial charge in [-0.15, -0.1) is 0 Å². The largest absolute Gasteiger partial charge is 0.418 e. The smallest absolute Gasteiger partial charge is 0.353 e. The second kappa shape index (κ2) is 5.36. The van der Waals surface area contributed by atoms with Crippen LogP contribution >= 0.6 is 11.6 Å². The molecule has 1 aromatic carbocycles. The first kappa shape index (κ1) is 14.7. The highest BCUT2D eigenvalue weighted by molar-refractivity contribution is 6.30. The zero-order valence-electron chi connectivity index (χ0n) is 10.9. The number of aromatic nitrogens is 2. The molecule has 0 fully saturated rings. The maximum atomic E-state index is 13.1. The molecule has 0 aliphatic heterocycles. The zero-order valence-corrected chi connectivity index (χ0v) is 11.6. The zero-order chi connectivity index (χ0) is 14.9. The standard InChI is InChI=1S/C13H13ClF3N3/c1-8(2)19-12-18-5-6-20(12)11-4-3-9(14)7-10(11)13(15,16)17/h3-8H,1-2H3,(H,18,19). The van der Waals surface area contributed by atoms with Crippen LogP contribution in [0.15, 0.2) is 30.6 Å². The Balaban J connectivity index is 2.56. The molecule has 3 nitrogen and oxygen atoms in total. The Kier molecular flexibility index (Phi) is 3.94. The van der Waals surface area contributed by atoms with Gasteiger partial charge < -0.3 is 5.32 Å². The minimum Gasteiger partial charge on any atom is -0.353 e. The molecule has 7 heteroatoms. The molecular formula is C13H13ClF3N3. The van der Waals surface area contributed by atoms with Gasteiger partial charge in [0.25, 0.3) is 0 Å². The number of hydrogen-bond acceptors (Lipinski definition) is 2. The van der Waals surface area contributed by atoms with Crippen LogP contribution in [-0.2, 0) is 6.18 Å². The highest BCUT2D eigenvalue weighted by Gasteiger charge is 2.34. The van der Waals surface area contributed by atoms with Gasteiger partial charge in [0.05, 0.1) is 11.3 Å². The first-order chi connectivity index (χ1) is 9.29. The van der Waals surface area contributed by atoms with E-state index in [9.17, 15) is 13.2 Å². The minimum atomic E-state index is -4.49. The monoisotopic (exact) mass is 303 g/mol. The van der Waals surface area contributed by atoms with E-state index in [0.717, 1.165) is 6.07 Å². The maximum absolute atomic E-state index is 13.1. The predicted molar refractivity (Wildman–Crippen MR) is 72.3 cm³/mol. The third-order valence-electron chi connectivity index (χ3n) is 2.58. The molecule has 0 saturated carbocycles. The van der Waals surface area contributed by atoms with Crippen molar-refractivity contribution < 1.29 is 13.2 Å². The number of hydrogen-bond donors (Lipinski definition) is 1. The summed E-state index contributed by atoms with van der Waals surface area (Å²) in [6.07, 6.45) is -1.57. The molecule has 2 aromatic rings. The number of rotatable bonds is 3. The lowest BCUT2D eigenvalue weighted by Crippen LogP contribution is -2.16. The van der Waals surface area contributed by atoms with E-state index in [-0.39, 0.29) is 16.8 Å². The quantitative estimate of drug-likeness (QED) is 0.912. The Labute approximate surface area is 119 Å². The lowest BCUT2D eigenvalue weighted by molar-refractivity contribution is -0.137. The molecular weight excluding hydrogens is 291 g/mol. The summed E-state index contributed by atoms with van der Waals surface area (Å²) in [5.41, 5.74) is -0.808. The van der Waals surface area contributed by atoms with Gasteiger partial charge in [0.15, 0.2) is 0 Å². The third kappa shape index (κ3) is 3.07. The number of anilines is 1. The lowest BCUT2D eigenvalue weighted by atomic mass is 10.1. The molecule has 0 unspecified atom stereocenters. The maximum Gasteiger partial charge on any atom is 0.418 e. The molecule has 2 rings (SSSR count). The van der Waals surface area contributed by atoms with Crippen molar-refractivity contribution in [2.45, 2.75) is 26.1 Å². The van der Waals surface area contributed by atoms with Crippen LogP contribution in [0.1, 0.15) is 19.4 Å². The van der Waals surface area contributed by atoms with Crippen LogP contribution < -0.4 is 5.32 Å². The third-order valence-corrected chi connectivity index (χ3v) is 2.82. The lowest BCUT2D eigenvalue weighted by Gasteiger charge is -2.17. The van der Waals surface area contributed by atoms with Gasteiger partial charge in [-0.2, -0.15) is 13.2 Å². The van der Waals surface area contributed by atoms with Crippen molar-refractivity contribution in [3.05, 3.63) is 41.2 Å². The summed E-state index contributed by atoms with van der Waals surface area (Å²) in [4.78, 5) is 4.03. The van der Waals surface area contributed by atoms with E-state index in [2.05, 4.69) is 10.3 Å². The van der Waals surface area contributed by atoms with Gasteiger partial charge in [-0.05, 0) is 32.0 Å². The first-order valence-electron chi connectivity index (χ1n) is 5.96. The van der Waals surface area contributed by atoms with Crippen molar-refractivity contribution in [3.63, 3.8) is 0 Å². The molecule has 108 valence electrons. The molecule has 0 aliphatic rings. The van der Waals surface area contributed by atoms with Crippen molar-refractivity contribution in [1.82, 2.24) is 9.55 Å². The van der Waals surface area contributed by atoms with E-state index in [0.29, 0.717) is 5.95 Å². The summed E-state index contributed by atoms with van der Waals surface area (Å²) in [5, 5.41) is 3.04. The predicted octanol–water partition coefficient (Wildman–Crippen LogP) is 4.36. The molecule has 1 heterocycles. The fourth-order valence-electron chi connectivity index (χ4n) is 1.81. The molecule has 20 heavy (non-hydrogen) atoms. The van der Waals surface area contributed by atoms with Crippen molar-refractivity contribution in [3.8, 4) is 5.69 Å². The second-order valence-electron chi connectivity index (χ2n) is 4.58. The Morgan fingerprint density at radius 1 is 1.30 bits per heavy atom. The molecule has 0 radical (unpaired) electrons. The van der Waals surface area contributed by atoms with E-state index in [1.54, 1.807) is 0 Å². The second-order valence-corrected chi connectivity index (χ2v) is 5.02. The topological polar surface area (TPSA) is 29.9 Å². The highest BCUT2D eigenvalue weighted by Crippen LogP contribution is 2.36. The van der Waals surface area contributed by atoms with Gasteiger partial charge in [-0.1, -0.05) is 11.6 Å². The van der Waals surface area contributed by atoms with Crippen LogP contribution in [0.2, 0.25) is 5.02 Å². The van der Waals surface area contributed by atoms with E-state index in [1.807, 2.05) is 13.8 Å². The van der Waals surface area contributed by atoms with Gasteiger partial charge in [-0.3, -0.25) is 4.57 Å². The van der Waals surface area contributed by atoms with E-state index < -0.39 is 11.7 Å². The molecule has 0 saturated heterocycles. The summed E-state index contributed by atoms with van der Waals surface area (Å²) in [6, 6.07) is 3.72.